The fourth-order valence-electron chi connectivity index (χ4n) is 2.97. The Morgan fingerprint density at radius 3 is 2.59 bits per heavy atom. The van der Waals surface area contributed by atoms with E-state index in [1.165, 1.54) is 6.92 Å². The van der Waals surface area contributed by atoms with Gasteiger partial charge in [-0.3, -0.25) is 14.2 Å². The van der Waals surface area contributed by atoms with Crippen LogP contribution in [0.25, 0.3) is 0 Å². The number of para-hydroxylation sites is 1. The Morgan fingerprint density at radius 2 is 1.97 bits per heavy atom. The molecular weight excluding hydrogens is 372 g/mol. The lowest BCUT2D eigenvalue weighted by Crippen LogP contribution is -2.28. The van der Waals surface area contributed by atoms with Crippen LogP contribution in [0.4, 0.5) is 0 Å². The second-order valence-electron chi connectivity index (χ2n) is 7.02. The Kier molecular flexibility index (Phi) is 7.57. The number of Topliss-reactive ketones (excluding diaryl/α,β-unsaturated/α-hetero) is 1. The monoisotopic (exact) mass is 398 g/mol. The lowest BCUT2D eigenvalue weighted by molar-refractivity contribution is 0.0743. The number of aromatic nitrogens is 1. The first-order valence-electron chi connectivity index (χ1n) is 9.47. The molecule has 2 aromatic rings. The first kappa shape index (κ1) is 22.2. The molecule has 1 aromatic carbocycles. The minimum atomic E-state index is -0.622. The van der Waals surface area contributed by atoms with Crippen molar-refractivity contribution in [2.75, 3.05) is 13.2 Å². The van der Waals surface area contributed by atoms with Gasteiger partial charge in [-0.1, -0.05) is 18.2 Å². The van der Waals surface area contributed by atoms with E-state index in [1.54, 1.807) is 12.1 Å². The number of aromatic hydroxyl groups is 1. The number of benzene rings is 1. The predicted octanol–water partition coefficient (Wildman–Crippen LogP) is 3.12. The van der Waals surface area contributed by atoms with Gasteiger partial charge in [0.25, 0.3) is 5.56 Å². The highest BCUT2D eigenvalue weighted by Gasteiger charge is 2.24. The van der Waals surface area contributed by atoms with Crippen molar-refractivity contribution >= 4 is 5.78 Å². The van der Waals surface area contributed by atoms with Crippen LogP contribution in [-0.4, -0.2) is 34.8 Å². The molecule has 0 aliphatic rings. The summed E-state index contributed by atoms with van der Waals surface area (Å²) in [5.74, 6) is -0.404. The molecule has 0 radical (unpaired) electrons. The summed E-state index contributed by atoms with van der Waals surface area (Å²) >= 11 is 0. The molecule has 0 atom stereocenters. The number of aryl methyl sites for hydroxylation is 1. The number of nitrogens with zero attached hydrogens (tertiary/aromatic N) is 2. The van der Waals surface area contributed by atoms with Gasteiger partial charge in [-0.25, -0.2) is 0 Å². The van der Waals surface area contributed by atoms with Gasteiger partial charge in [-0.15, -0.1) is 0 Å². The number of rotatable bonds is 9. The van der Waals surface area contributed by atoms with Crippen molar-refractivity contribution < 1.29 is 19.4 Å². The highest BCUT2D eigenvalue weighted by molar-refractivity contribution is 6.01. The quantitative estimate of drug-likeness (QED) is 0.514. The first-order chi connectivity index (χ1) is 13.8. The molecule has 0 saturated heterocycles. The third kappa shape index (κ3) is 5.24. The standard InChI is InChI=1S/C22H26N2O5/c1-14(2)28-11-7-10-24-21(26)17(12-23)16(4)20(22(24)27)18(25)13-29-19-9-6-5-8-15(19)3/h5-6,8-9,14,27H,7,10-11,13H2,1-4H3. The Labute approximate surface area is 170 Å². The summed E-state index contributed by atoms with van der Waals surface area (Å²) in [5, 5.41) is 20.0. The van der Waals surface area contributed by atoms with Crippen molar-refractivity contribution in [2.24, 2.45) is 0 Å². The fraction of sp³-hybridized carbons (Fsp3) is 0.409. The van der Waals surface area contributed by atoms with Crippen LogP contribution in [0.5, 0.6) is 11.6 Å². The third-order valence-electron chi connectivity index (χ3n) is 4.51. The van der Waals surface area contributed by atoms with Gasteiger partial charge in [0.1, 0.15) is 17.4 Å². The number of ketones is 1. The summed E-state index contributed by atoms with van der Waals surface area (Å²) < 4.78 is 12.1. The first-order valence-corrected chi connectivity index (χ1v) is 9.47. The predicted molar refractivity (Wildman–Crippen MR) is 109 cm³/mol. The van der Waals surface area contributed by atoms with Crippen LogP contribution in [0.2, 0.25) is 0 Å². The lowest BCUT2D eigenvalue weighted by Gasteiger charge is -2.16. The molecule has 154 valence electrons. The van der Waals surface area contributed by atoms with Gasteiger partial charge in [0.05, 0.1) is 11.7 Å². The van der Waals surface area contributed by atoms with Crippen molar-refractivity contribution in [1.29, 1.82) is 5.26 Å². The second kappa shape index (κ2) is 9.89. The second-order valence-corrected chi connectivity index (χ2v) is 7.02. The molecule has 0 aliphatic carbocycles. The van der Waals surface area contributed by atoms with E-state index >= 15 is 0 Å². The Bertz CT molecular complexity index is 986. The van der Waals surface area contributed by atoms with Crippen LogP contribution in [0.15, 0.2) is 29.1 Å². The molecule has 7 nitrogen and oxygen atoms in total. The average molecular weight is 398 g/mol. The molecule has 1 aromatic heterocycles. The van der Waals surface area contributed by atoms with E-state index in [2.05, 4.69) is 0 Å². The van der Waals surface area contributed by atoms with E-state index in [0.717, 1.165) is 10.1 Å². The molecule has 0 saturated carbocycles. The zero-order valence-electron chi connectivity index (χ0n) is 17.2. The minimum absolute atomic E-state index is 0.0451. The van der Waals surface area contributed by atoms with Crippen molar-refractivity contribution in [3.63, 3.8) is 0 Å². The van der Waals surface area contributed by atoms with Gasteiger partial charge in [-0.05, 0) is 51.3 Å². The maximum atomic E-state index is 12.8. The Hall–Kier alpha value is -3.11. The molecule has 1 N–H and O–H groups in total. The zero-order chi connectivity index (χ0) is 21.6. The number of hydrogen-bond donors (Lipinski definition) is 1. The molecule has 0 spiro atoms. The van der Waals surface area contributed by atoms with Crippen molar-refractivity contribution in [1.82, 2.24) is 4.57 Å². The van der Waals surface area contributed by atoms with Crippen molar-refractivity contribution in [2.45, 2.75) is 46.8 Å². The average Bonchev–Trinajstić information content (AvgIpc) is 2.66. The van der Waals surface area contributed by atoms with Gasteiger partial charge in [0, 0.05) is 13.2 Å². The maximum absolute atomic E-state index is 12.8. The van der Waals surface area contributed by atoms with Gasteiger partial charge in [0.2, 0.25) is 11.7 Å². The van der Waals surface area contributed by atoms with Crippen LogP contribution < -0.4 is 10.3 Å². The number of pyridine rings is 1. The SMILES string of the molecule is Cc1ccccc1OCC(=O)c1c(C)c(C#N)c(=O)n(CCCOC(C)C)c1O. The zero-order valence-corrected chi connectivity index (χ0v) is 17.2. The van der Waals surface area contributed by atoms with E-state index in [1.807, 2.05) is 39.0 Å². The van der Waals surface area contributed by atoms with E-state index in [-0.39, 0.29) is 35.9 Å². The van der Waals surface area contributed by atoms with Crippen molar-refractivity contribution in [3.05, 3.63) is 56.9 Å². The highest BCUT2D eigenvalue weighted by atomic mass is 16.5. The number of nitriles is 1. The molecule has 1 heterocycles. The summed E-state index contributed by atoms with van der Waals surface area (Å²) in [6, 6.07) is 9.10. The fourth-order valence-corrected chi connectivity index (χ4v) is 2.97. The van der Waals surface area contributed by atoms with Crippen LogP contribution >= 0.6 is 0 Å². The van der Waals surface area contributed by atoms with Crippen LogP contribution in [0.1, 0.15) is 47.3 Å². The third-order valence-corrected chi connectivity index (χ3v) is 4.51. The van der Waals surface area contributed by atoms with Gasteiger partial charge >= 0.3 is 0 Å². The number of carbonyl (C=O) groups excluding carboxylic acids is 1. The summed E-state index contributed by atoms with van der Waals surface area (Å²) in [5.41, 5.74) is 0.173. The van der Waals surface area contributed by atoms with Gasteiger partial charge in [0.15, 0.2) is 6.61 Å². The minimum Gasteiger partial charge on any atom is -0.494 e. The van der Waals surface area contributed by atoms with Crippen molar-refractivity contribution in [3.8, 4) is 17.7 Å². The molecule has 2 rings (SSSR count). The van der Waals surface area contributed by atoms with E-state index < -0.39 is 17.2 Å². The van der Waals surface area contributed by atoms with Gasteiger partial charge < -0.3 is 14.6 Å². The summed E-state index contributed by atoms with van der Waals surface area (Å²) in [6.07, 6.45) is 0.496. The summed E-state index contributed by atoms with van der Waals surface area (Å²) in [6.45, 7) is 7.33. The molecule has 29 heavy (non-hydrogen) atoms. The molecular formula is C22H26N2O5. The molecule has 0 aliphatic heterocycles. The molecule has 0 unspecified atom stereocenters. The van der Waals surface area contributed by atoms with Crippen LogP contribution in [0, 0.1) is 25.2 Å². The summed E-state index contributed by atoms with van der Waals surface area (Å²) in [4.78, 5) is 25.4. The topological polar surface area (TPSA) is 102 Å². The molecule has 0 bridgehead atoms. The highest BCUT2D eigenvalue weighted by Crippen LogP contribution is 2.24. The number of carbonyl (C=O) groups is 1. The number of hydrogen-bond acceptors (Lipinski definition) is 6. The molecule has 0 fully saturated rings. The molecule has 7 heteroatoms. The molecule has 0 amide bonds. The normalized spacial score (nSPS) is 10.8. The largest absolute Gasteiger partial charge is 0.494 e. The maximum Gasteiger partial charge on any atom is 0.271 e. The van der Waals surface area contributed by atoms with Gasteiger partial charge in [-0.2, -0.15) is 5.26 Å². The van der Waals surface area contributed by atoms with E-state index in [9.17, 15) is 20.0 Å². The Morgan fingerprint density at radius 1 is 1.28 bits per heavy atom. The lowest BCUT2D eigenvalue weighted by atomic mass is 10.0. The Balaban J connectivity index is 2.31. The number of ether oxygens (including phenoxy) is 2. The van der Waals surface area contributed by atoms with Crippen LogP contribution in [-0.2, 0) is 11.3 Å². The smallest absolute Gasteiger partial charge is 0.271 e. The van der Waals surface area contributed by atoms with E-state index in [4.69, 9.17) is 9.47 Å². The summed E-state index contributed by atoms with van der Waals surface area (Å²) in [7, 11) is 0. The van der Waals surface area contributed by atoms with Crippen LogP contribution in [0.3, 0.4) is 0 Å². The van der Waals surface area contributed by atoms with E-state index in [0.29, 0.717) is 18.8 Å².